The maximum Gasteiger partial charge on any atom is 0.222 e. The Bertz CT molecular complexity index is 761. The van der Waals surface area contributed by atoms with E-state index in [0.717, 1.165) is 49.4 Å². The molecule has 1 fully saturated rings. The fourth-order valence-corrected chi connectivity index (χ4v) is 3.52. The maximum absolute atomic E-state index is 13.0. The highest BCUT2D eigenvalue weighted by molar-refractivity contribution is 5.76. The highest BCUT2D eigenvalue weighted by Gasteiger charge is 2.20. The third kappa shape index (κ3) is 5.68. The second kappa shape index (κ2) is 9.53. The van der Waals surface area contributed by atoms with Crippen LogP contribution >= 0.6 is 0 Å². The number of hydrogen-bond donors (Lipinski definition) is 1. The Kier molecular flexibility index (Phi) is 6.85. The van der Waals surface area contributed by atoms with Gasteiger partial charge in [0, 0.05) is 39.6 Å². The third-order valence-corrected chi connectivity index (χ3v) is 5.20. The van der Waals surface area contributed by atoms with E-state index in [1.54, 1.807) is 12.1 Å². The summed E-state index contributed by atoms with van der Waals surface area (Å²) in [7, 11) is 3.95. The Hall–Kier alpha value is -2.63. The number of anilines is 2. The summed E-state index contributed by atoms with van der Waals surface area (Å²) in [5.41, 5.74) is 2.02. The maximum atomic E-state index is 13.0. The van der Waals surface area contributed by atoms with Gasteiger partial charge < -0.3 is 15.1 Å². The topological polar surface area (TPSA) is 48.5 Å². The molecule has 150 valence electrons. The average Bonchev–Trinajstić information content (AvgIpc) is 2.93. The van der Waals surface area contributed by atoms with Crippen LogP contribution in [0.15, 0.2) is 42.6 Å². The van der Waals surface area contributed by atoms with E-state index >= 15 is 0 Å². The Morgan fingerprint density at radius 3 is 2.64 bits per heavy atom. The second-order valence-corrected chi connectivity index (χ2v) is 7.58. The number of carbonyl (C=O) groups excluding carboxylic acids is 1. The van der Waals surface area contributed by atoms with E-state index in [0.29, 0.717) is 18.9 Å². The fourth-order valence-electron chi connectivity index (χ4n) is 3.52. The van der Waals surface area contributed by atoms with Crippen molar-refractivity contribution >= 4 is 17.4 Å². The van der Waals surface area contributed by atoms with Crippen LogP contribution in [0.2, 0.25) is 0 Å². The highest BCUT2D eigenvalue weighted by atomic mass is 19.1. The van der Waals surface area contributed by atoms with E-state index in [9.17, 15) is 9.18 Å². The first-order valence-corrected chi connectivity index (χ1v) is 9.93. The van der Waals surface area contributed by atoms with Gasteiger partial charge in [-0.3, -0.25) is 4.79 Å². The Morgan fingerprint density at radius 2 is 1.96 bits per heavy atom. The minimum atomic E-state index is -0.243. The molecule has 0 radical (unpaired) electrons. The number of benzene rings is 1. The molecule has 1 N–H and O–H groups in total. The first-order chi connectivity index (χ1) is 13.5. The van der Waals surface area contributed by atoms with E-state index in [1.807, 2.05) is 36.2 Å². The van der Waals surface area contributed by atoms with E-state index < -0.39 is 0 Å². The second-order valence-electron chi connectivity index (χ2n) is 7.58. The Morgan fingerprint density at radius 1 is 1.18 bits per heavy atom. The summed E-state index contributed by atoms with van der Waals surface area (Å²) in [6.07, 6.45) is 5.95. The van der Waals surface area contributed by atoms with Crippen LogP contribution in [-0.2, 0) is 11.2 Å². The summed E-state index contributed by atoms with van der Waals surface area (Å²) in [5, 5.41) is 3.56. The van der Waals surface area contributed by atoms with Gasteiger partial charge in [-0.1, -0.05) is 12.1 Å². The van der Waals surface area contributed by atoms with Crippen molar-refractivity contribution in [2.45, 2.75) is 38.1 Å². The lowest BCUT2D eigenvalue weighted by Gasteiger charge is -2.21. The van der Waals surface area contributed by atoms with Crippen LogP contribution in [0.3, 0.4) is 0 Å². The molecule has 0 unspecified atom stereocenters. The summed E-state index contributed by atoms with van der Waals surface area (Å²) in [5.74, 6) is 0.874. The molecule has 1 saturated heterocycles. The van der Waals surface area contributed by atoms with Gasteiger partial charge >= 0.3 is 0 Å². The molecule has 1 atom stereocenters. The van der Waals surface area contributed by atoms with Gasteiger partial charge in [0.05, 0.1) is 11.9 Å². The van der Waals surface area contributed by atoms with Crippen molar-refractivity contribution in [3.8, 4) is 0 Å². The van der Waals surface area contributed by atoms with E-state index in [4.69, 9.17) is 0 Å². The van der Waals surface area contributed by atoms with Gasteiger partial charge in [-0.05, 0) is 55.5 Å². The van der Waals surface area contributed by atoms with Gasteiger partial charge in [0.1, 0.15) is 11.6 Å². The van der Waals surface area contributed by atoms with Crippen molar-refractivity contribution in [2.75, 3.05) is 37.4 Å². The van der Waals surface area contributed by atoms with Crippen LogP contribution in [0.1, 0.15) is 31.2 Å². The zero-order valence-corrected chi connectivity index (χ0v) is 16.7. The first-order valence-electron chi connectivity index (χ1n) is 9.93. The molecule has 1 aliphatic heterocycles. The summed E-state index contributed by atoms with van der Waals surface area (Å²) >= 11 is 0. The zero-order chi connectivity index (χ0) is 19.9. The number of aromatic nitrogens is 1. The monoisotopic (exact) mass is 384 g/mol. The van der Waals surface area contributed by atoms with Gasteiger partial charge in [-0.25, -0.2) is 9.37 Å². The molecule has 1 aromatic carbocycles. The van der Waals surface area contributed by atoms with Crippen LogP contribution in [0.4, 0.5) is 15.9 Å². The molecule has 6 heteroatoms. The molecule has 2 heterocycles. The van der Waals surface area contributed by atoms with Crippen molar-refractivity contribution in [1.82, 2.24) is 9.88 Å². The lowest BCUT2D eigenvalue weighted by molar-refractivity contribution is -0.131. The largest absolute Gasteiger partial charge is 0.381 e. The van der Waals surface area contributed by atoms with Crippen molar-refractivity contribution in [2.24, 2.45) is 0 Å². The van der Waals surface area contributed by atoms with Crippen LogP contribution in [-0.4, -0.2) is 49.0 Å². The Labute approximate surface area is 166 Å². The number of pyridine rings is 1. The van der Waals surface area contributed by atoms with Crippen LogP contribution in [0.5, 0.6) is 0 Å². The van der Waals surface area contributed by atoms with Crippen LogP contribution < -0.4 is 10.2 Å². The summed E-state index contributed by atoms with van der Waals surface area (Å²) < 4.78 is 13.0. The van der Waals surface area contributed by atoms with Gasteiger partial charge in [0.25, 0.3) is 0 Å². The predicted octanol–water partition coefficient (Wildman–Crippen LogP) is 3.71. The summed E-state index contributed by atoms with van der Waals surface area (Å²) in [6, 6.07) is 10.8. The molecule has 1 aromatic heterocycles. The van der Waals surface area contributed by atoms with Crippen molar-refractivity contribution in [3.63, 3.8) is 0 Å². The molecule has 2 aromatic rings. The quantitative estimate of drug-likeness (QED) is 0.825. The van der Waals surface area contributed by atoms with Gasteiger partial charge in [0.2, 0.25) is 5.91 Å². The number of likely N-dealkylation sites (tertiary alicyclic amines) is 1. The third-order valence-electron chi connectivity index (χ3n) is 5.20. The number of halogens is 1. The van der Waals surface area contributed by atoms with Crippen LogP contribution in [0, 0.1) is 5.82 Å². The lowest BCUT2D eigenvalue weighted by atomic mass is 10.1. The lowest BCUT2D eigenvalue weighted by Crippen LogP contribution is -2.32. The number of nitrogens with zero attached hydrogens (tertiary/aromatic N) is 3. The first kappa shape index (κ1) is 20.1. The van der Waals surface area contributed by atoms with E-state index in [2.05, 4.69) is 16.4 Å². The normalized spacial score (nSPS) is 17.1. The molecule has 28 heavy (non-hydrogen) atoms. The van der Waals surface area contributed by atoms with Crippen LogP contribution in [0.25, 0.3) is 0 Å². The van der Waals surface area contributed by atoms with Gasteiger partial charge in [-0.15, -0.1) is 0 Å². The Balaban J connectivity index is 1.47. The smallest absolute Gasteiger partial charge is 0.222 e. The molecule has 5 nitrogen and oxygen atoms in total. The minimum Gasteiger partial charge on any atom is -0.381 e. The molecular formula is C22H29FN4O. The molecule has 1 amide bonds. The minimum absolute atomic E-state index is 0.182. The molecule has 1 aliphatic rings. The predicted molar refractivity (Wildman–Crippen MR) is 111 cm³/mol. The zero-order valence-electron chi connectivity index (χ0n) is 16.7. The fraction of sp³-hybridized carbons (Fsp3) is 0.455. The highest BCUT2D eigenvalue weighted by Crippen LogP contribution is 2.19. The van der Waals surface area contributed by atoms with Gasteiger partial charge in [0.15, 0.2) is 0 Å². The molecule has 0 bridgehead atoms. The molecule has 3 rings (SSSR count). The number of carbonyl (C=O) groups is 1. The number of hydrogen-bond acceptors (Lipinski definition) is 4. The standard InChI is InChI=1S/C22H29FN4O/c1-26(2)21-11-10-20(16-24-21)25-19-4-3-14-27(15-13-19)22(28)12-7-17-5-8-18(23)9-6-17/h5-6,8-11,16,19,25H,3-4,7,12-15H2,1-2H3/t19-/m0/s1. The molecular weight excluding hydrogens is 355 g/mol. The summed E-state index contributed by atoms with van der Waals surface area (Å²) in [4.78, 5) is 21.0. The van der Waals surface area contributed by atoms with Crippen molar-refractivity contribution < 1.29 is 9.18 Å². The van der Waals surface area contributed by atoms with E-state index in [-0.39, 0.29) is 11.7 Å². The number of nitrogens with one attached hydrogen (secondary N) is 1. The SMILES string of the molecule is CN(C)c1ccc(N[C@H]2CCCN(C(=O)CCc3ccc(F)cc3)CC2)cn1. The number of amides is 1. The molecule has 0 saturated carbocycles. The number of aryl methyl sites for hydroxylation is 1. The van der Waals surface area contributed by atoms with Gasteiger partial charge in [-0.2, -0.15) is 0 Å². The van der Waals surface area contributed by atoms with Crippen molar-refractivity contribution in [1.29, 1.82) is 0 Å². The average molecular weight is 384 g/mol. The summed E-state index contributed by atoms with van der Waals surface area (Å²) in [6.45, 7) is 1.57. The van der Waals surface area contributed by atoms with Crippen molar-refractivity contribution in [3.05, 3.63) is 54.0 Å². The molecule has 0 spiro atoms. The number of rotatable bonds is 6. The molecule has 0 aliphatic carbocycles. The van der Waals surface area contributed by atoms with E-state index in [1.165, 1.54) is 12.1 Å².